The van der Waals surface area contributed by atoms with Gasteiger partial charge >= 0.3 is 0 Å². The summed E-state index contributed by atoms with van der Waals surface area (Å²) in [5.74, 6) is -0.237. The fourth-order valence-electron chi connectivity index (χ4n) is 2.12. The van der Waals surface area contributed by atoms with Crippen molar-refractivity contribution in [1.29, 1.82) is 0 Å². The molecule has 0 unspecified atom stereocenters. The number of carbonyl (C=O) groups excluding carboxylic acids is 2. The van der Waals surface area contributed by atoms with Crippen LogP contribution >= 0.6 is 0 Å². The predicted octanol–water partition coefficient (Wildman–Crippen LogP) is 0.932. The number of nitrogens with zero attached hydrogens (tertiary/aromatic N) is 1. The van der Waals surface area contributed by atoms with Crippen LogP contribution in [0.4, 0.5) is 11.4 Å². The molecular weight excluding hydrogens is 268 g/mol. The monoisotopic (exact) mass is 290 g/mol. The fourth-order valence-corrected chi connectivity index (χ4v) is 2.12. The third kappa shape index (κ3) is 3.95. The lowest BCUT2D eigenvalue weighted by Gasteiger charge is -2.20. The minimum absolute atomic E-state index is 0.0405. The predicted molar refractivity (Wildman–Crippen MR) is 83.6 cm³/mol. The van der Waals surface area contributed by atoms with Gasteiger partial charge in [0, 0.05) is 37.7 Å². The molecule has 1 aliphatic rings. The van der Waals surface area contributed by atoms with Gasteiger partial charge in [-0.05, 0) is 32.0 Å². The summed E-state index contributed by atoms with van der Waals surface area (Å²) in [5.41, 5.74) is 7.48. The normalized spacial score (nSPS) is 15.0. The topological polar surface area (TPSA) is 87.5 Å². The summed E-state index contributed by atoms with van der Waals surface area (Å²) < 4.78 is 0. The van der Waals surface area contributed by atoms with Crippen LogP contribution < -0.4 is 21.3 Å². The Morgan fingerprint density at radius 2 is 2.19 bits per heavy atom. The van der Waals surface area contributed by atoms with E-state index in [9.17, 15) is 9.59 Å². The number of fused-ring (bicyclic) bond motifs is 1. The zero-order valence-electron chi connectivity index (χ0n) is 12.7. The maximum absolute atomic E-state index is 12.1. The lowest BCUT2D eigenvalue weighted by Crippen LogP contribution is -2.45. The molecule has 0 fully saturated rings. The largest absolute Gasteiger partial charge is 0.372 e. The highest BCUT2D eigenvalue weighted by molar-refractivity contribution is 6.00. The lowest BCUT2D eigenvalue weighted by molar-refractivity contribution is -0.115. The number of carbonyl (C=O) groups is 2. The molecule has 0 spiro atoms. The van der Waals surface area contributed by atoms with Crippen molar-refractivity contribution in [3.05, 3.63) is 23.8 Å². The third-order valence-electron chi connectivity index (χ3n) is 3.32. The van der Waals surface area contributed by atoms with Crippen LogP contribution in [0.25, 0.3) is 0 Å². The van der Waals surface area contributed by atoms with E-state index in [2.05, 4.69) is 10.6 Å². The molecular formula is C15H22N4O2. The first-order chi connectivity index (χ1) is 9.76. The standard InChI is InChI=1S/C15H22N4O2/c1-15(2,16)9-17-14(21)10-4-5-12-11(8-10)18-13(20)6-7-19(12)3/h4-5,8H,6-7,9,16H2,1-3H3,(H,17,21)(H,18,20). The van der Waals surface area contributed by atoms with E-state index in [1.54, 1.807) is 12.1 Å². The van der Waals surface area contributed by atoms with E-state index in [0.29, 0.717) is 30.8 Å². The van der Waals surface area contributed by atoms with Crippen LogP contribution in [0.3, 0.4) is 0 Å². The molecule has 21 heavy (non-hydrogen) atoms. The van der Waals surface area contributed by atoms with E-state index < -0.39 is 5.54 Å². The molecule has 0 radical (unpaired) electrons. The Hall–Kier alpha value is -2.08. The number of hydrogen-bond acceptors (Lipinski definition) is 4. The van der Waals surface area contributed by atoms with Crippen molar-refractivity contribution < 1.29 is 9.59 Å². The van der Waals surface area contributed by atoms with Crippen molar-refractivity contribution in [2.45, 2.75) is 25.8 Å². The van der Waals surface area contributed by atoms with E-state index in [1.807, 2.05) is 31.9 Å². The Morgan fingerprint density at radius 3 is 2.86 bits per heavy atom. The molecule has 0 aliphatic carbocycles. The lowest BCUT2D eigenvalue weighted by atomic mass is 10.1. The number of anilines is 2. The van der Waals surface area contributed by atoms with E-state index in [1.165, 1.54) is 0 Å². The van der Waals surface area contributed by atoms with E-state index in [-0.39, 0.29) is 11.8 Å². The number of hydrogen-bond donors (Lipinski definition) is 3. The number of rotatable bonds is 3. The van der Waals surface area contributed by atoms with Gasteiger partial charge in [-0.25, -0.2) is 0 Å². The van der Waals surface area contributed by atoms with Gasteiger partial charge < -0.3 is 21.3 Å². The van der Waals surface area contributed by atoms with Crippen molar-refractivity contribution in [2.75, 3.05) is 30.4 Å². The summed E-state index contributed by atoms with van der Waals surface area (Å²) >= 11 is 0. The third-order valence-corrected chi connectivity index (χ3v) is 3.32. The van der Waals surface area contributed by atoms with Crippen molar-refractivity contribution >= 4 is 23.2 Å². The quantitative estimate of drug-likeness (QED) is 0.773. The van der Waals surface area contributed by atoms with Gasteiger partial charge in [-0.15, -0.1) is 0 Å². The van der Waals surface area contributed by atoms with E-state index in [0.717, 1.165) is 5.69 Å². The number of nitrogens with two attached hydrogens (primary N) is 1. The van der Waals surface area contributed by atoms with Gasteiger partial charge in [0.25, 0.3) is 5.91 Å². The molecule has 6 nitrogen and oxygen atoms in total. The van der Waals surface area contributed by atoms with E-state index >= 15 is 0 Å². The molecule has 4 N–H and O–H groups in total. The van der Waals surface area contributed by atoms with Gasteiger partial charge in [-0.2, -0.15) is 0 Å². The molecule has 1 aromatic rings. The highest BCUT2D eigenvalue weighted by Crippen LogP contribution is 2.28. The van der Waals surface area contributed by atoms with Crippen molar-refractivity contribution in [2.24, 2.45) is 5.73 Å². The molecule has 0 aromatic heterocycles. The van der Waals surface area contributed by atoms with Crippen LogP contribution in [0.2, 0.25) is 0 Å². The average molecular weight is 290 g/mol. The maximum atomic E-state index is 12.1. The Labute approximate surface area is 124 Å². The number of nitrogens with one attached hydrogen (secondary N) is 2. The first-order valence-corrected chi connectivity index (χ1v) is 6.98. The fraction of sp³-hybridized carbons (Fsp3) is 0.467. The summed E-state index contributed by atoms with van der Waals surface area (Å²) in [5, 5.41) is 5.63. The Bertz CT molecular complexity index is 563. The SMILES string of the molecule is CN1CCC(=O)Nc2cc(C(=O)NCC(C)(C)N)ccc21. The molecule has 6 heteroatoms. The molecule has 0 bridgehead atoms. The van der Waals surface area contributed by atoms with E-state index in [4.69, 9.17) is 5.73 Å². The molecule has 0 saturated carbocycles. The second kappa shape index (κ2) is 5.73. The van der Waals surface area contributed by atoms with Gasteiger partial charge in [-0.1, -0.05) is 0 Å². The summed E-state index contributed by atoms with van der Waals surface area (Å²) in [6.07, 6.45) is 0.439. The molecule has 0 saturated heterocycles. The summed E-state index contributed by atoms with van der Waals surface area (Å²) in [6, 6.07) is 5.31. The Balaban J connectivity index is 2.20. The van der Waals surface area contributed by atoms with Gasteiger partial charge in [0.2, 0.25) is 5.91 Å². The Kier molecular flexibility index (Phi) is 4.18. The second-order valence-electron chi connectivity index (χ2n) is 6.12. The first-order valence-electron chi connectivity index (χ1n) is 6.98. The summed E-state index contributed by atoms with van der Waals surface area (Å²) in [7, 11) is 1.93. The Morgan fingerprint density at radius 1 is 1.48 bits per heavy atom. The van der Waals surface area contributed by atoms with Crippen LogP contribution in [-0.4, -0.2) is 37.5 Å². The van der Waals surface area contributed by atoms with Gasteiger partial charge in [-0.3, -0.25) is 9.59 Å². The van der Waals surface area contributed by atoms with Crippen LogP contribution in [0, 0.1) is 0 Å². The van der Waals surface area contributed by atoms with Crippen LogP contribution in [0.5, 0.6) is 0 Å². The van der Waals surface area contributed by atoms with Gasteiger partial charge in [0.15, 0.2) is 0 Å². The summed E-state index contributed by atoms with van der Waals surface area (Å²) in [4.78, 5) is 25.8. The molecule has 1 heterocycles. The molecule has 2 amide bonds. The van der Waals surface area contributed by atoms with Crippen molar-refractivity contribution in [3.8, 4) is 0 Å². The first kappa shape index (κ1) is 15.3. The minimum Gasteiger partial charge on any atom is -0.372 e. The van der Waals surface area contributed by atoms with Crippen LogP contribution in [0.1, 0.15) is 30.6 Å². The molecule has 114 valence electrons. The highest BCUT2D eigenvalue weighted by atomic mass is 16.2. The van der Waals surface area contributed by atoms with Gasteiger partial charge in [0.05, 0.1) is 11.4 Å². The maximum Gasteiger partial charge on any atom is 0.251 e. The smallest absolute Gasteiger partial charge is 0.251 e. The van der Waals surface area contributed by atoms with Crippen molar-refractivity contribution in [3.63, 3.8) is 0 Å². The minimum atomic E-state index is -0.463. The van der Waals surface area contributed by atoms with Crippen LogP contribution in [0.15, 0.2) is 18.2 Å². The van der Waals surface area contributed by atoms with Crippen LogP contribution in [-0.2, 0) is 4.79 Å². The zero-order chi connectivity index (χ0) is 15.6. The number of benzene rings is 1. The number of amides is 2. The molecule has 1 aliphatic heterocycles. The zero-order valence-corrected chi connectivity index (χ0v) is 12.7. The second-order valence-corrected chi connectivity index (χ2v) is 6.12. The summed E-state index contributed by atoms with van der Waals surface area (Å²) in [6.45, 7) is 4.74. The van der Waals surface area contributed by atoms with Crippen molar-refractivity contribution in [1.82, 2.24) is 5.32 Å². The molecule has 0 atom stereocenters. The van der Waals surface area contributed by atoms with Gasteiger partial charge in [0.1, 0.15) is 0 Å². The highest BCUT2D eigenvalue weighted by Gasteiger charge is 2.19. The molecule has 2 rings (SSSR count). The molecule has 1 aromatic carbocycles. The average Bonchev–Trinajstić information content (AvgIpc) is 2.54.